The van der Waals surface area contributed by atoms with E-state index in [0.717, 1.165) is 5.56 Å². The number of benzene rings is 1. The zero-order chi connectivity index (χ0) is 12.7. The van der Waals surface area contributed by atoms with Gasteiger partial charge < -0.3 is 15.2 Å². The number of nitro groups is 1. The van der Waals surface area contributed by atoms with Crippen molar-refractivity contribution in [3.05, 3.63) is 33.9 Å². The minimum Gasteiger partial charge on any atom is -0.394 e. The fourth-order valence-electron chi connectivity index (χ4n) is 1.38. The summed E-state index contributed by atoms with van der Waals surface area (Å²) in [5.41, 5.74) is 1.50. The average molecular weight is 240 g/mol. The smallest absolute Gasteiger partial charge is 0.292 e. The van der Waals surface area contributed by atoms with Crippen molar-refractivity contribution < 1.29 is 14.8 Å². The molecule has 0 atom stereocenters. The van der Waals surface area contributed by atoms with Crippen LogP contribution in [-0.2, 0) is 4.74 Å². The lowest BCUT2D eigenvalue weighted by Crippen LogP contribution is -2.12. The highest BCUT2D eigenvalue weighted by Gasteiger charge is 2.12. The summed E-state index contributed by atoms with van der Waals surface area (Å²) in [5.74, 6) is 0. The molecule has 1 rings (SSSR count). The zero-order valence-corrected chi connectivity index (χ0v) is 9.68. The van der Waals surface area contributed by atoms with Crippen LogP contribution in [0.3, 0.4) is 0 Å². The lowest BCUT2D eigenvalue weighted by Gasteiger charge is -2.08. The highest BCUT2D eigenvalue weighted by atomic mass is 16.6. The Morgan fingerprint density at radius 3 is 2.88 bits per heavy atom. The van der Waals surface area contributed by atoms with Crippen LogP contribution in [0.1, 0.15) is 5.56 Å². The number of aliphatic hydroxyl groups is 1. The van der Waals surface area contributed by atoms with Gasteiger partial charge in [-0.3, -0.25) is 10.1 Å². The van der Waals surface area contributed by atoms with Gasteiger partial charge in [-0.05, 0) is 18.6 Å². The topological polar surface area (TPSA) is 84.6 Å². The third-order valence-corrected chi connectivity index (χ3v) is 2.15. The highest BCUT2D eigenvalue weighted by molar-refractivity contribution is 5.62. The van der Waals surface area contributed by atoms with Gasteiger partial charge in [0.2, 0.25) is 0 Å². The van der Waals surface area contributed by atoms with Gasteiger partial charge in [-0.15, -0.1) is 0 Å². The third-order valence-electron chi connectivity index (χ3n) is 2.15. The standard InChI is InChI=1S/C11H16N2O4/c1-9-2-3-11(13(15)16)10(8-9)12-4-6-17-7-5-14/h2-3,8,12,14H,4-7H2,1H3. The second-order valence-corrected chi connectivity index (χ2v) is 3.54. The Morgan fingerprint density at radius 2 is 2.24 bits per heavy atom. The molecule has 0 unspecified atom stereocenters. The number of nitro benzene ring substituents is 1. The molecule has 1 aromatic rings. The van der Waals surface area contributed by atoms with Crippen molar-refractivity contribution in [2.75, 3.05) is 31.7 Å². The highest BCUT2D eigenvalue weighted by Crippen LogP contribution is 2.24. The Bertz CT molecular complexity index is 382. The van der Waals surface area contributed by atoms with E-state index < -0.39 is 4.92 Å². The van der Waals surface area contributed by atoms with Crippen LogP contribution < -0.4 is 5.32 Å². The Kier molecular flexibility index (Phi) is 5.38. The summed E-state index contributed by atoms with van der Waals surface area (Å²) in [6.07, 6.45) is 0. The number of aryl methyl sites for hydroxylation is 1. The fourth-order valence-corrected chi connectivity index (χ4v) is 1.38. The predicted molar refractivity (Wildman–Crippen MR) is 64.2 cm³/mol. The molecule has 6 nitrogen and oxygen atoms in total. The van der Waals surface area contributed by atoms with Gasteiger partial charge in [0.15, 0.2) is 0 Å². The van der Waals surface area contributed by atoms with E-state index in [4.69, 9.17) is 9.84 Å². The average Bonchev–Trinajstić information content (AvgIpc) is 2.28. The first-order valence-electron chi connectivity index (χ1n) is 5.32. The first-order chi connectivity index (χ1) is 8.15. The van der Waals surface area contributed by atoms with Crippen molar-refractivity contribution in [2.24, 2.45) is 0 Å². The maximum Gasteiger partial charge on any atom is 0.292 e. The van der Waals surface area contributed by atoms with Crippen LogP contribution in [-0.4, -0.2) is 36.4 Å². The molecule has 6 heteroatoms. The van der Waals surface area contributed by atoms with Crippen molar-refractivity contribution in [1.82, 2.24) is 0 Å². The van der Waals surface area contributed by atoms with Gasteiger partial charge in [-0.25, -0.2) is 0 Å². The molecule has 0 aliphatic rings. The van der Waals surface area contributed by atoms with Crippen molar-refractivity contribution in [3.63, 3.8) is 0 Å². The van der Waals surface area contributed by atoms with Crippen molar-refractivity contribution in [1.29, 1.82) is 0 Å². The van der Waals surface area contributed by atoms with Gasteiger partial charge in [-0.1, -0.05) is 6.07 Å². The largest absolute Gasteiger partial charge is 0.394 e. The van der Waals surface area contributed by atoms with Crippen LogP contribution in [0.5, 0.6) is 0 Å². The maximum absolute atomic E-state index is 10.8. The van der Waals surface area contributed by atoms with E-state index in [1.54, 1.807) is 12.1 Å². The molecule has 0 aliphatic heterocycles. The number of aliphatic hydroxyl groups excluding tert-OH is 1. The summed E-state index contributed by atoms with van der Waals surface area (Å²) in [7, 11) is 0. The molecule has 0 saturated carbocycles. The monoisotopic (exact) mass is 240 g/mol. The summed E-state index contributed by atoms with van der Waals surface area (Å²) in [4.78, 5) is 10.3. The van der Waals surface area contributed by atoms with E-state index in [2.05, 4.69) is 5.32 Å². The summed E-state index contributed by atoms with van der Waals surface area (Å²) >= 11 is 0. The molecule has 0 saturated heterocycles. The van der Waals surface area contributed by atoms with Crippen molar-refractivity contribution >= 4 is 11.4 Å². The zero-order valence-electron chi connectivity index (χ0n) is 9.68. The Hall–Kier alpha value is -1.66. The minimum atomic E-state index is -0.420. The molecule has 0 heterocycles. The number of rotatable bonds is 7. The third kappa shape index (κ3) is 4.38. The molecule has 0 radical (unpaired) electrons. The molecule has 0 aliphatic carbocycles. The summed E-state index contributed by atoms with van der Waals surface area (Å²) in [5, 5.41) is 22.2. The summed E-state index contributed by atoms with van der Waals surface area (Å²) in [6.45, 7) is 2.98. The Labute approximate surface area is 99.4 Å². The van der Waals surface area contributed by atoms with Crippen LogP contribution in [0.2, 0.25) is 0 Å². The van der Waals surface area contributed by atoms with Gasteiger partial charge in [0, 0.05) is 12.6 Å². The first-order valence-corrected chi connectivity index (χ1v) is 5.32. The van der Waals surface area contributed by atoms with Gasteiger partial charge >= 0.3 is 0 Å². The number of nitrogens with one attached hydrogen (secondary N) is 1. The first kappa shape index (κ1) is 13.4. The summed E-state index contributed by atoms with van der Waals surface area (Å²) in [6, 6.07) is 4.90. The van der Waals surface area contributed by atoms with E-state index >= 15 is 0 Å². The molecule has 2 N–H and O–H groups in total. The minimum absolute atomic E-state index is 0.0232. The van der Waals surface area contributed by atoms with Crippen molar-refractivity contribution in [2.45, 2.75) is 6.92 Å². The number of ether oxygens (including phenoxy) is 1. The normalized spacial score (nSPS) is 10.2. The van der Waals surface area contributed by atoms with Gasteiger partial charge in [0.1, 0.15) is 5.69 Å². The molecule has 0 amide bonds. The molecule has 0 spiro atoms. The van der Waals surface area contributed by atoms with Gasteiger partial charge in [0.05, 0.1) is 24.7 Å². The summed E-state index contributed by atoms with van der Waals surface area (Å²) < 4.78 is 5.05. The number of hydrogen-bond acceptors (Lipinski definition) is 5. The van der Waals surface area contributed by atoms with E-state index in [-0.39, 0.29) is 18.9 Å². The van der Waals surface area contributed by atoms with E-state index in [1.165, 1.54) is 6.07 Å². The number of nitrogens with zero attached hydrogens (tertiary/aromatic N) is 1. The molecule has 94 valence electrons. The van der Waals surface area contributed by atoms with Crippen LogP contribution in [0.25, 0.3) is 0 Å². The fraction of sp³-hybridized carbons (Fsp3) is 0.455. The molecular weight excluding hydrogens is 224 g/mol. The second kappa shape index (κ2) is 6.82. The van der Waals surface area contributed by atoms with Gasteiger partial charge in [-0.2, -0.15) is 0 Å². The lowest BCUT2D eigenvalue weighted by atomic mass is 10.2. The van der Waals surface area contributed by atoms with E-state index in [1.807, 2.05) is 6.92 Å². The van der Waals surface area contributed by atoms with E-state index in [9.17, 15) is 10.1 Å². The quantitative estimate of drug-likeness (QED) is 0.426. The number of anilines is 1. The molecule has 17 heavy (non-hydrogen) atoms. The van der Waals surface area contributed by atoms with Crippen LogP contribution in [0.15, 0.2) is 18.2 Å². The molecule has 0 bridgehead atoms. The van der Waals surface area contributed by atoms with Crippen LogP contribution in [0.4, 0.5) is 11.4 Å². The van der Waals surface area contributed by atoms with Crippen molar-refractivity contribution in [3.8, 4) is 0 Å². The second-order valence-electron chi connectivity index (χ2n) is 3.54. The molecule has 1 aromatic carbocycles. The molecule has 0 fully saturated rings. The lowest BCUT2D eigenvalue weighted by molar-refractivity contribution is -0.384. The predicted octanol–water partition coefficient (Wildman–Crippen LogP) is 1.32. The number of hydrogen-bond donors (Lipinski definition) is 2. The maximum atomic E-state index is 10.8. The van der Waals surface area contributed by atoms with Crippen LogP contribution >= 0.6 is 0 Å². The Morgan fingerprint density at radius 1 is 1.47 bits per heavy atom. The molecular formula is C11H16N2O4. The Balaban J connectivity index is 2.56. The van der Waals surface area contributed by atoms with Crippen LogP contribution in [0, 0.1) is 17.0 Å². The van der Waals surface area contributed by atoms with Gasteiger partial charge in [0.25, 0.3) is 5.69 Å². The SMILES string of the molecule is Cc1ccc([N+](=O)[O-])c(NCCOCCO)c1. The van der Waals surface area contributed by atoms with E-state index in [0.29, 0.717) is 18.8 Å². The molecule has 0 aromatic heterocycles.